The number of rotatable bonds is 6. The Balaban J connectivity index is 1.58. The molecule has 0 saturated carbocycles. The highest BCUT2D eigenvalue weighted by molar-refractivity contribution is 9.10. The largest absolute Gasteiger partial charge is 0.325 e. The fraction of sp³-hybridized carbons (Fsp3) is 0.300. The van der Waals surface area contributed by atoms with Gasteiger partial charge in [0, 0.05) is 35.4 Å². The van der Waals surface area contributed by atoms with Crippen LogP contribution in [0.2, 0.25) is 0 Å². The summed E-state index contributed by atoms with van der Waals surface area (Å²) in [6.45, 7) is 1.70. The molecule has 0 aromatic heterocycles. The molecule has 1 saturated heterocycles. The van der Waals surface area contributed by atoms with E-state index in [1.807, 2.05) is 60.5 Å². The van der Waals surface area contributed by atoms with Crippen molar-refractivity contribution in [3.8, 4) is 0 Å². The fourth-order valence-electron chi connectivity index (χ4n) is 3.09. The van der Waals surface area contributed by atoms with Gasteiger partial charge in [-0.2, -0.15) is 0 Å². The summed E-state index contributed by atoms with van der Waals surface area (Å²) in [4.78, 5) is 28.0. The first-order chi connectivity index (χ1) is 12.5. The highest BCUT2D eigenvalue weighted by Crippen LogP contribution is 2.24. The van der Waals surface area contributed by atoms with Crippen LogP contribution in [0.1, 0.15) is 18.4 Å². The van der Waals surface area contributed by atoms with Gasteiger partial charge in [0.15, 0.2) is 0 Å². The van der Waals surface area contributed by atoms with Crippen LogP contribution >= 0.6 is 15.9 Å². The highest BCUT2D eigenvalue weighted by Gasteiger charge is 2.21. The molecule has 5 nitrogen and oxygen atoms in total. The minimum Gasteiger partial charge on any atom is -0.325 e. The number of nitrogens with one attached hydrogen (secondary N) is 1. The summed E-state index contributed by atoms with van der Waals surface area (Å²) in [5.74, 6) is 0.0612. The quantitative estimate of drug-likeness (QED) is 0.783. The molecule has 2 aromatic carbocycles. The molecule has 0 spiro atoms. The van der Waals surface area contributed by atoms with Gasteiger partial charge in [0.25, 0.3) is 0 Å². The first-order valence-corrected chi connectivity index (χ1v) is 9.44. The first kappa shape index (κ1) is 18.6. The van der Waals surface area contributed by atoms with E-state index in [1.54, 1.807) is 4.90 Å². The van der Waals surface area contributed by atoms with Crippen molar-refractivity contribution >= 4 is 39.1 Å². The lowest BCUT2D eigenvalue weighted by atomic mass is 10.2. The van der Waals surface area contributed by atoms with Crippen LogP contribution in [0.15, 0.2) is 53.0 Å². The van der Waals surface area contributed by atoms with E-state index in [-0.39, 0.29) is 18.4 Å². The lowest BCUT2D eigenvalue weighted by Crippen LogP contribution is -2.30. The average molecular weight is 416 g/mol. The van der Waals surface area contributed by atoms with E-state index in [1.165, 1.54) is 0 Å². The molecule has 0 bridgehead atoms. The van der Waals surface area contributed by atoms with Gasteiger partial charge >= 0.3 is 0 Å². The molecule has 0 radical (unpaired) electrons. The standard InChI is InChI=1S/C20H22BrN3O2/c1-23(13-15-6-2-3-9-18(15)21)14-19(25)22-16-7-4-8-17(12-16)24-11-5-10-20(24)26/h2-4,6-9,12H,5,10-11,13-14H2,1H3,(H,22,25). The SMILES string of the molecule is CN(CC(=O)Nc1cccc(N2CCCC2=O)c1)Cc1ccccc1Br. The van der Waals surface area contributed by atoms with Crippen LogP contribution in [-0.4, -0.2) is 36.9 Å². The van der Waals surface area contributed by atoms with Crippen molar-refractivity contribution in [3.05, 3.63) is 58.6 Å². The average Bonchev–Trinajstić information content (AvgIpc) is 3.03. The zero-order chi connectivity index (χ0) is 18.5. The van der Waals surface area contributed by atoms with E-state index in [0.29, 0.717) is 18.7 Å². The van der Waals surface area contributed by atoms with Crippen LogP contribution < -0.4 is 10.2 Å². The van der Waals surface area contributed by atoms with Gasteiger partial charge in [0.1, 0.15) is 0 Å². The molecule has 3 rings (SSSR count). The number of hydrogen-bond donors (Lipinski definition) is 1. The van der Waals surface area contributed by atoms with Crippen LogP contribution in [0.5, 0.6) is 0 Å². The molecule has 0 unspecified atom stereocenters. The number of likely N-dealkylation sites (N-methyl/N-ethyl adjacent to an activating group) is 1. The summed E-state index contributed by atoms with van der Waals surface area (Å²) in [5, 5.41) is 2.92. The molecule has 1 fully saturated rings. The summed E-state index contributed by atoms with van der Waals surface area (Å²) in [7, 11) is 1.92. The molecule has 0 aliphatic carbocycles. The van der Waals surface area contributed by atoms with Crippen molar-refractivity contribution in [1.29, 1.82) is 0 Å². The molecule has 1 heterocycles. The summed E-state index contributed by atoms with van der Waals surface area (Å²) >= 11 is 3.53. The third-order valence-electron chi connectivity index (χ3n) is 4.33. The van der Waals surface area contributed by atoms with Gasteiger partial charge in [0.2, 0.25) is 11.8 Å². The van der Waals surface area contributed by atoms with E-state index in [0.717, 1.165) is 28.7 Å². The van der Waals surface area contributed by atoms with Crippen LogP contribution in [0.25, 0.3) is 0 Å². The van der Waals surface area contributed by atoms with Crippen LogP contribution in [0.3, 0.4) is 0 Å². The lowest BCUT2D eigenvalue weighted by molar-refractivity contribution is -0.117. The maximum atomic E-state index is 12.3. The molecular weight excluding hydrogens is 394 g/mol. The molecule has 6 heteroatoms. The van der Waals surface area contributed by atoms with Gasteiger partial charge in [-0.3, -0.25) is 14.5 Å². The van der Waals surface area contributed by atoms with E-state index in [4.69, 9.17) is 0 Å². The maximum absolute atomic E-state index is 12.3. The number of carbonyl (C=O) groups is 2. The van der Waals surface area contributed by atoms with Gasteiger partial charge in [-0.05, 0) is 43.3 Å². The predicted octanol–water partition coefficient (Wildman–Crippen LogP) is 3.65. The Morgan fingerprint density at radius 2 is 2.04 bits per heavy atom. The van der Waals surface area contributed by atoms with E-state index in [9.17, 15) is 9.59 Å². The Morgan fingerprint density at radius 3 is 2.77 bits per heavy atom. The number of benzene rings is 2. The van der Waals surface area contributed by atoms with Crippen molar-refractivity contribution in [3.63, 3.8) is 0 Å². The van der Waals surface area contributed by atoms with Gasteiger partial charge in [-0.25, -0.2) is 0 Å². The van der Waals surface area contributed by atoms with E-state index in [2.05, 4.69) is 21.2 Å². The van der Waals surface area contributed by atoms with Crippen molar-refractivity contribution in [1.82, 2.24) is 4.90 Å². The zero-order valence-electron chi connectivity index (χ0n) is 14.7. The monoisotopic (exact) mass is 415 g/mol. The summed E-state index contributed by atoms with van der Waals surface area (Å²) < 4.78 is 1.04. The Labute approximate surface area is 162 Å². The van der Waals surface area contributed by atoms with Crippen LogP contribution in [0.4, 0.5) is 11.4 Å². The molecule has 0 atom stereocenters. The lowest BCUT2D eigenvalue weighted by Gasteiger charge is -2.19. The molecule has 1 aliphatic rings. The Kier molecular flexibility index (Phi) is 6.06. The molecule has 136 valence electrons. The molecule has 2 amide bonds. The smallest absolute Gasteiger partial charge is 0.238 e. The number of carbonyl (C=O) groups excluding carboxylic acids is 2. The minimum absolute atomic E-state index is 0.0792. The molecule has 1 N–H and O–H groups in total. The van der Waals surface area contributed by atoms with Crippen molar-refractivity contribution in [2.75, 3.05) is 30.4 Å². The Morgan fingerprint density at radius 1 is 1.23 bits per heavy atom. The van der Waals surface area contributed by atoms with Gasteiger partial charge in [-0.15, -0.1) is 0 Å². The molecular formula is C20H22BrN3O2. The maximum Gasteiger partial charge on any atom is 0.238 e. The third kappa shape index (κ3) is 4.71. The van der Waals surface area contributed by atoms with Crippen LogP contribution in [-0.2, 0) is 16.1 Å². The van der Waals surface area contributed by atoms with E-state index >= 15 is 0 Å². The predicted molar refractivity (Wildman–Crippen MR) is 107 cm³/mol. The molecule has 1 aliphatic heterocycles. The highest BCUT2D eigenvalue weighted by atomic mass is 79.9. The van der Waals surface area contributed by atoms with Crippen LogP contribution in [0, 0.1) is 0 Å². The van der Waals surface area contributed by atoms with Gasteiger partial charge in [-0.1, -0.05) is 40.2 Å². The molecule has 2 aromatic rings. The second kappa shape index (κ2) is 8.47. The van der Waals surface area contributed by atoms with Gasteiger partial charge in [0.05, 0.1) is 6.54 Å². The van der Waals surface area contributed by atoms with Crippen molar-refractivity contribution in [2.24, 2.45) is 0 Å². The number of hydrogen-bond acceptors (Lipinski definition) is 3. The number of anilines is 2. The summed E-state index contributed by atoms with van der Waals surface area (Å²) in [6.07, 6.45) is 1.48. The van der Waals surface area contributed by atoms with Crippen molar-refractivity contribution in [2.45, 2.75) is 19.4 Å². The summed E-state index contributed by atoms with van der Waals surface area (Å²) in [6, 6.07) is 15.4. The third-order valence-corrected chi connectivity index (χ3v) is 5.10. The minimum atomic E-state index is -0.0792. The number of halogens is 1. The van der Waals surface area contributed by atoms with Gasteiger partial charge < -0.3 is 10.2 Å². The Bertz CT molecular complexity index is 809. The fourth-order valence-corrected chi connectivity index (χ4v) is 3.50. The van der Waals surface area contributed by atoms with Crippen molar-refractivity contribution < 1.29 is 9.59 Å². The second-order valence-electron chi connectivity index (χ2n) is 6.51. The number of amides is 2. The topological polar surface area (TPSA) is 52.7 Å². The zero-order valence-corrected chi connectivity index (χ0v) is 16.3. The Hall–Kier alpha value is -2.18. The second-order valence-corrected chi connectivity index (χ2v) is 7.37. The molecule has 26 heavy (non-hydrogen) atoms. The first-order valence-electron chi connectivity index (χ1n) is 8.65. The normalized spacial score (nSPS) is 14.1. The number of nitrogens with zero attached hydrogens (tertiary/aromatic N) is 2. The summed E-state index contributed by atoms with van der Waals surface area (Å²) in [5.41, 5.74) is 2.69. The van der Waals surface area contributed by atoms with E-state index < -0.39 is 0 Å².